The molecule has 0 aliphatic carbocycles. The summed E-state index contributed by atoms with van der Waals surface area (Å²) in [6, 6.07) is 5.20. The van der Waals surface area contributed by atoms with Crippen LogP contribution >= 0.6 is 0 Å². The van der Waals surface area contributed by atoms with Crippen LogP contribution in [0.15, 0.2) is 18.2 Å². The minimum atomic E-state index is -0.00597. The van der Waals surface area contributed by atoms with Gasteiger partial charge >= 0.3 is 0 Å². The van der Waals surface area contributed by atoms with Crippen molar-refractivity contribution in [2.24, 2.45) is 0 Å². The lowest BCUT2D eigenvalue weighted by Crippen LogP contribution is -2.02. The summed E-state index contributed by atoms with van der Waals surface area (Å²) in [5.41, 5.74) is 1.12. The summed E-state index contributed by atoms with van der Waals surface area (Å²) >= 11 is 0. The van der Waals surface area contributed by atoms with Gasteiger partial charge in [0, 0.05) is 6.42 Å². The number of hydrogen-bond donors (Lipinski definition) is 1. The van der Waals surface area contributed by atoms with Crippen LogP contribution in [0.5, 0.6) is 0 Å². The molecule has 2 rings (SSSR count). The van der Waals surface area contributed by atoms with Crippen molar-refractivity contribution in [3.8, 4) is 0 Å². The Hall–Kier alpha value is -1.75. The van der Waals surface area contributed by atoms with Gasteiger partial charge in [-0.2, -0.15) is 0 Å². The van der Waals surface area contributed by atoms with Crippen LogP contribution in [0.25, 0.3) is 5.65 Å². The molecule has 0 radical (unpaired) electrons. The number of aromatic nitrogens is 3. The van der Waals surface area contributed by atoms with Gasteiger partial charge < -0.3 is 5.11 Å². The second-order valence-corrected chi connectivity index (χ2v) is 2.85. The summed E-state index contributed by atoms with van der Waals surface area (Å²) in [5.74, 6) is 0.602. The van der Waals surface area contributed by atoms with Gasteiger partial charge in [0.2, 0.25) is 0 Å². The maximum atomic E-state index is 10.7. The topological polar surface area (TPSA) is 67.5 Å². The van der Waals surface area contributed by atoms with Gasteiger partial charge in [0.1, 0.15) is 5.82 Å². The third-order valence-corrected chi connectivity index (χ3v) is 1.98. The Bertz CT molecular complexity index is 464. The molecule has 14 heavy (non-hydrogen) atoms. The van der Waals surface area contributed by atoms with E-state index >= 15 is 0 Å². The summed E-state index contributed by atoms with van der Waals surface area (Å²) in [6.07, 6.45) is 1.14. The quantitative estimate of drug-likeness (QED) is 0.697. The average molecular weight is 191 g/mol. The Morgan fingerprint density at radius 1 is 1.43 bits per heavy atom. The van der Waals surface area contributed by atoms with E-state index < -0.39 is 0 Å². The van der Waals surface area contributed by atoms with Gasteiger partial charge in [-0.05, 0) is 12.1 Å². The van der Waals surface area contributed by atoms with Gasteiger partial charge in [-0.1, -0.05) is 6.07 Å². The van der Waals surface area contributed by atoms with E-state index in [0.717, 1.165) is 6.29 Å². The van der Waals surface area contributed by atoms with Crippen molar-refractivity contribution < 1.29 is 9.90 Å². The normalized spacial score (nSPS) is 10.6. The number of aliphatic hydroxyl groups excluding tert-OH is 1. The molecule has 72 valence electrons. The van der Waals surface area contributed by atoms with Gasteiger partial charge in [-0.25, -0.2) is 0 Å². The molecule has 0 fully saturated rings. The number of pyridine rings is 1. The fourth-order valence-electron chi connectivity index (χ4n) is 1.38. The molecule has 0 spiro atoms. The van der Waals surface area contributed by atoms with Crippen LogP contribution in [0.4, 0.5) is 0 Å². The number of aldehydes is 1. The lowest BCUT2D eigenvalue weighted by atomic mass is 10.3. The molecule has 2 heterocycles. The van der Waals surface area contributed by atoms with Gasteiger partial charge in [0.05, 0.1) is 12.3 Å². The Kier molecular flexibility index (Phi) is 2.24. The molecule has 0 aromatic carbocycles. The molecule has 5 nitrogen and oxygen atoms in total. The first kappa shape index (κ1) is 8.83. The van der Waals surface area contributed by atoms with Crippen molar-refractivity contribution >= 4 is 11.9 Å². The fraction of sp³-hybridized carbons (Fsp3) is 0.222. The highest BCUT2D eigenvalue weighted by Gasteiger charge is 2.07. The molecule has 0 saturated heterocycles. The molecule has 2 aromatic heterocycles. The van der Waals surface area contributed by atoms with E-state index in [0.29, 0.717) is 23.6 Å². The van der Waals surface area contributed by atoms with E-state index in [4.69, 9.17) is 5.11 Å². The number of fused-ring (bicyclic) bond motifs is 1. The third-order valence-electron chi connectivity index (χ3n) is 1.98. The van der Waals surface area contributed by atoms with Gasteiger partial charge in [-0.3, -0.25) is 9.20 Å². The second-order valence-electron chi connectivity index (χ2n) is 2.85. The third kappa shape index (κ3) is 1.27. The summed E-state index contributed by atoms with van der Waals surface area (Å²) in [5, 5.41) is 16.6. The van der Waals surface area contributed by atoms with E-state index in [1.165, 1.54) is 0 Å². The van der Waals surface area contributed by atoms with Gasteiger partial charge in [0.15, 0.2) is 11.9 Å². The molecule has 2 aromatic rings. The maximum absolute atomic E-state index is 10.7. The Balaban J connectivity index is 2.67. The Morgan fingerprint density at radius 2 is 2.29 bits per heavy atom. The summed E-state index contributed by atoms with van der Waals surface area (Å²) in [4.78, 5) is 10.7. The van der Waals surface area contributed by atoms with E-state index in [-0.39, 0.29) is 6.61 Å². The largest absolute Gasteiger partial charge is 0.396 e. The molecule has 0 amide bonds. The zero-order valence-electron chi connectivity index (χ0n) is 7.42. The van der Waals surface area contributed by atoms with Crippen LogP contribution < -0.4 is 0 Å². The first-order valence-corrected chi connectivity index (χ1v) is 4.26. The molecule has 5 heteroatoms. The number of rotatable bonds is 3. The summed E-state index contributed by atoms with van der Waals surface area (Å²) < 4.78 is 1.64. The van der Waals surface area contributed by atoms with E-state index in [1.54, 1.807) is 22.6 Å². The maximum Gasteiger partial charge on any atom is 0.166 e. The summed E-state index contributed by atoms with van der Waals surface area (Å²) in [7, 11) is 0. The number of aliphatic hydroxyl groups is 1. The zero-order chi connectivity index (χ0) is 9.97. The Morgan fingerprint density at radius 3 is 3.00 bits per heavy atom. The first-order valence-electron chi connectivity index (χ1n) is 4.26. The van der Waals surface area contributed by atoms with Crippen LogP contribution in [-0.2, 0) is 6.42 Å². The van der Waals surface area contributed by atoms with E-state index in [2.05, 4.69) is 10.2 Å². The van der Waals surface area contributed by atoms with Gasteiger partial charge in [-0.15, -0.1) is 10.2 Å². The fourth-order valence-corrected chi connectivity index (χ4v) is 1.38. The van der Waals surface area contributed by atoms with Crippen LogP contribution in [0.3, 0.4) is 0 Å². The highest BCUT2D eigenvalue weighted by molar-refractivity contribution is 5.73. The van der Waals surface area contributed by atoms with Crippen LogP contribution in [0, 0.1) is 0 Å². The Labute approximate surface area is 80.0 Å². The molecular weight excluding hydrogens is 182 g/mol. The number of hydrogen-bond acceptors (Lipinski definition) is 4. The van der Waals surface area contributed by atoms with E-state index in [1.807, 2.05) is 0 Å². The van der Waals surface area contributed by atoms with Crippen LogP contribution in [0.2, 0.25) is 0 Å². The molecule has 0 bridgehead atoms. The average Bonchev–Trinajstić information content (AvgIpc) is 2.62. The van der Waals surface area contributed by atoms with Crippen LogP contribution in [0.1, 0.15) is 16.3 Å². The molecule has 0 aliphatic heterocycles. The predicted octanol–water partition coefficient (Wildman–Crippen LogP) is 0.0766. The van der Waals surface area contributed by atoms with Crippen molar-refractivity contribution in [2.75, 3.05) is 6.61 Å². The smallest absolute Gasteiger partial charge is 0.166 e. The zero-order valence-corrected chi connectivity index (χ0v) is 7.42. The van der Waals surface area contributed by atoms with Crippen LogP contribution in [-0.4, -0.2) is 32.6 Å². The lowest BCUT2D eigenvalue weighted by molar-refractivity contribution is 0.111. The highest BCUT2D eigenvalue weighted by Crippen LogP contribution is 2.07. The molecule has 0 atom stereocenters. The number of carbonyl (C=O) groups excluding carboxylic acids is 1. The molecule has 0 unspecified atom stereocenters. The lowest BCUT2D eigenvalue weighted by Gasteiger charge is -1.99. The van der Waals surface area contributed by atoms with Crippen molar-refractivity contribution in [3.05, 3.63) is 29.7 Å². The van der Waals surface area contributed by atoms with E-state index in [9.17, 15) is 4.79 Å². The van der Waals surface area contributed by atoms with Crippen molar-refractivity contribution in [1.82, 2.24) is 14.6 Å². The van der Waals surface area contributed by atoms with Crippen molar-refractivity contribution in [2.45, 2.75) is 6.42 Å². The predicted molar refractivity (Wildman–Crippen MR) is 49.2 cm³/mol. The SMILES string of the molecule is O=Cc1cccc2nnc(CCO)n12. The highest BCUT2D eigenvalue weighted by atomic mass is 16.3. The minimum Gasteiger partial charge on any atom is -0.396 e. The number of nitrogens with zero attached hydrogens (tertiary/aromatic N) is 3. The second kappa shape index (κ2) is 3.55. The molecule has 1 N–H and O–H groups in total. The minimum absolute atomic E-state index is 0.00597. The van der Waals surface area contributed by atoms with Gasteiger partial charge in [0.25, 0.3) is 0 Å². The monoisotopic (exact) mass is 191 g/mol. The standard InChI is InChI=1S/C9H9N3O2/c13-5-4-9-11-10-8-3-1-2-7(6-14)12(8)9/h1-3,6,13H,4-5H2. The number of carbonyl (C=O) groups is 1. The van der Waals surface area contributed by atoms with Crippen molar-refractivity contribution in [1.29, 1.82) is 0 Å². The molecular formula is C9H9N3O2. The molecule has 0 aliphatic rings. The molecule has 0 saturated carbocycles. The first-order chi connectivity index (χ1) is 6.86. The summed E-state index contributed by atoms with van der Waals surface area (Å²) in [6.45, 7) is -0.00597. The van der Waals surface area contributed by atoms with Crippen molar-refractivity contribution in [3.63, 3.8) is 0 Å².